The number of fused-ring (bicyclic) bond motifs is 8. The Kier molecular flexibility index (Phi) is 5.31. The standard InChI is InChI=1S/C32H23N4OP/c37-38(29-7-3-1-4-8-29,30-9-5-2-6-10-30)32-21-28-19-26-14-13-24(34-26)17-22-11-12-23(33-22)18-25-15-16-27(35-25)20-31(32)36-28/h1-21,34,36H. The Bertz CT molecular complexity index is 1910. The van der Waals surface area contributed by atoms with Crippen LogP contribution >= 0.6 is 7.14 Å². The lowest BCUT2D eigenvalue weighted by Gasteiger charge is -2.19. The van der Waals surface area contributed by atoms with Crippen molar-refractivity contribution in [2.75, 3.05) is 0 Å². The minimum absolute atomic E-state index is 0.749. The van der Waals surface area contributed by atoms with Crippen molar-refractivity contribution < 1.29 is 4.57 Å². The summed E-state index contributed by atoms with van der Waals surface area (Å²) >= 11 is 0. The quantitative estimate of drug-likeness (QED) is 0.274. The molecule has 2 aliphatic rings. The second kappa shape index (κ2) is 8.98. The molecule has 0 amide bonds. The van der Waals surface area contributed by atoms with Crippen molar-refractivity contribution in [3.05, 3.63) is 126 Å². The maximum atomic E-state index is 15.2. The number of aromatic amines is 2. The average molecular weight is 511 g/mol. The van der Waals surface area contributed by atoms with Crippen molar-refractivity contribution in [2.45, 2.75) is 0 Å². The molecule has 2 aliphatic heterocycles. The third-order valence-electron chi connectivity index (χ3n) is 6.73. The van der Waals surface area contributed by atoms with Gasteiger partial charge < -0.3 is 14.5 Å². The lowest BCUT2D eigenvalue weighted by Crippen LogP contribution is -2.24. The van der Waals surface area contributed by atoms with Gasteiger partial charge in [-0.15, -0.1) is 0 Å². The Balaban J connectivity index is 1.57. The molecule has 0 fully saturated rings. The van der Waals surface area contributed by atoms with Gasteiger partial charge in [0.2, 0.25) is 0 Å². The number of hydrogen-bond donors (Lipinski definition) is 2. The zero-order chi connectivity index (χ0) is 25.5. The summed E-state index contributed by atoms with van der Waals surface area (Å²) in [4.78, 5) is 16.5. The first-order valence-electron chi connectivity index (χ1n) is 12.4. The molecule has 5 heterocycles. The summed E-state index contributed by atoms with van der Waals surface area (Å²) < 4.78 is 15.2. The Hall–Kier alpha value is -4.73. The lowest BCUT2D eigenvalue weighted by atomic mass is 10.3. The number of nitrogens with zero attached hydrogens (tertiary/aromatic N) is 2. The van der Waals surface area contributed by atoms with Crippen LogP contribution in [-0.2, 0) is 4.57 Å². The normalized spacial score (nSPS) is 12.6. The molecule has 0 saturated carbocycles. The first-order valence-corrected chi connectivity index (χ1v) is 14.1. The van der Waals surface area contributed by atoms with Gasteiger partial charge >= 0.3 is 0 Å². The third-order valence-corrected chi connectivity index (χ3v) is 9.82. The van der Waals surface area contributed by atoms with Crippen molar-refractivity contribution in [3.63, 3.8) is 0 Å². The van der Waals surface area contributed by atoms with E-state index in [1.807, 2.05) is 127 Å². The highest BCUT2D eigenvalue weighted by Crippen LogP contribution is 2.44. The van der Waals surface area contributed by atoms with Gasteiger partial charge in [0.1, 0.15) is 0 Å². The highest BCUT2D eigenvalue weighted by Gasteiger charge is 2.31. The number of nitrogens with one attached hydrogen (secondary N) is 2. The van der Waals surface area contributed by atoms with Crippen LogP contribution in [0, 0.1) is 0 Å². The monoisotopic (exact) mass is 510 g/mol. The maximum absolute atomic E-state index is 15.2. The first-order chi connectivity index (χ1) is 18.6. The van der Waals surface area contributed by atoms with Gasteiger partial charge in [0.05, 0.1) is 28.3 Å². The van der Waals surface area contributed by atoms with Gasteiger partial charge in [-0.2, -0.15) is 0 Å². The van der Waals surface area contributed by atoms with E-state index in [0.29, 0.717) is 0 Å². The topological polar surface area (TPSA) is 74.4 Å². The van der Waals surface area contributed by atoms with Crippen LogP contribution < -0.4 is 15.9 Å². The molecule has 2 aromatic carbocycles. The van der Waals surface area contributed by atoms with Crippen molar-refractivity contribution in [1.82, 2.24) is 19.9 Å². The molecule has 3 aromatic heterocycles. The number of H-pyrrole nitrogens is 2. The predicted octanol–water partition coefficient (Wildman–Crippen LogP) is 6.30. The van der Waals surface area contributed by atoms with Gasteiger partial charge in [0.25, 0.3) is 0 Å². The van der Waals surface area contributed by atoms with E-state index in [1.54, 1.807) is 0 Å². The molecule has 0 saturated heterocycles. The molecule has 182 valence electrons. The molecule has 6 heteroatoms. The Labute approximate surface area is 219 Å². The molecule has 2 N–H and O–H groups in total. The van der Waals surface area contributed by atoms with Gasteiger partial charge in [0, 0.05) is 32.5 Å². The van der Waals surface area contributed by atoms with Crippen LogP contribution in [-0.4, -0.2) is 19.9 Å². The average Bonchev–Trinajstić information content (AvgIpc) is 3.75. The molecular formula is C32H23N4OP. The van der Waals surface area contributed by atoms with Crippen molar-refractivity contribution in [2.24, 2.45) is 0 Å². The van der Waals surface area contributed by atoms with Gasteiger partial charge in [-0.3, -0.25) is 0 Å². The van der Waals surface area contributed by atoms with E-state index in [-0.39, 0.29) is 0 Å². The van der Waals surface area contributed by atoms with E-state index >= 15 is 4.57 Å². The minimum Gasteiger partial charge on any atom is -0.355 e. The Morgan fingerprint density at radius 1 is 0.500 bits per heavy atom. The van der Waals surface area contributed by atoms with Crippen LogP contribution in [0.5, 0.6) is 0 Å². The molecule has 0 aliphatic carbocycles. The van der Waals surface area contributed by atoms with E-state index < -0.39 is 7.14 Å². The van der Waals surface area contributed by atoms with Crippen LogP contribution in [0.3, 0.4) is 0 Å². The molecule has 38 heavy (non-hydrogen) atoms. The van der Waals surface area contributed by atoms with Crippen molar-refractivity contribution >= 4 is 69.4 Å². The van der Waals surface area contributed by atoms with E-state index in [2.05, 4.69) is 9.97 Å². The molecule has 8 bridgehead atoms. The smallest absolute Gasteiger partial charge is 0.173 e. The molecule has 5 aromatic rings. The molecule has 5 nitrogen and oxygen atoms in total. The lowest BCUT2D eigenvalue weighted by molar-refractivity contribution is 0.592. The molecule has 7 rings (SSSR count). The number of hydrogen-bond acceptors (Lipinski definition) is 3. The molecule has 0 spiro atoms. The molecule has 0 atom stereocenters. The summed E-state index contributed by atoms with van der Waals surface area (Å²) in [6.45, 7) is 0. The minimum atomic E-state index is -3.21. The van der Waals surface area contributed by atoms with Gasteiger partial charge in [-0.25, -0.2) is 9.97 Å². The van der Waals surface area contributed by atoms with Crippen LogP contribution in [0.4, 0.5) is 0 Å². The maximum Gasteiger partial charge on any atom is 0.173 e. The summed E-state index contributed by atoms with van der Waals surface area (Å²) in [7, 11) is -3.21. The van der Waals surface area contributed by atoms with Gasteiger partial charge in [0.15, 0.2) is 7.14 Å². The van der Waals surface area contributed by atoms with Gasteiger partial charge in [-0.1, -0.05) is 60.7 Å². The molecular weight excluding hydrogens is 487 g/mol. The number of benzene rings is 2. The Morgan fingerprint density at radius 3 is 1.63 bits per heavy atom. The second-order valence-electron chi connectivity index (χ2n) is 9.34. The number of rotatable bonds is 3. The van der Waals surface area contributed by atoms with E-state index in [4.69, 9.17) is 9.97 Å². The van der Waals surface area contributed by atoms with Crippen LogP contribution in [0.2, 0.25) is 0 Å². The summed E-state index contributed by atoms with van der Waals surface area (Å²) in [6, 6.07) is 33.5. The fourth-order valence-electron chi connectivity index (χ4n) is 4.97. The third kappa shape index (κ3) is 4.03. The predicted molar refractivity (Wildman–Crippen MR) is 158 cm³/mol. The van der Waals surface area contributed by atoms with E-state index in [9.17, 15) is 0 Å². The van der Waals surface area contributed by atoms with Crippen molar-refractivity contribution in [1.29, 1.82) is 0 Å². The molecule has 0 radical (unpaired) electrons. The van der Waals surface area contributed by atoms with E-state index in [1.165, 1.54) is 0 Å². The zero-order valence-electron chi connectivity index (χ0n) is 20.4. The zero-order valence-corrected chi connectivity index (χ0v) is 21.3. The summed E-state index contributed by atoms with van der Waals surface area (Å²) in [5.74, 6) is 0. The summed E-state index contributed by atoms with van der Waals surface area (Å²) in [6.07, 6.45) is 7.93. The SMILES string of the molecule is O=P(c1ccccc1)(c1ccccc1)c1cc2cc3ccc(cc4nc(cc5nc(cc1[nH]2)C=C5)C=C4)[nH]3. The summed E-state index contributed by atoms with van der Waals surface area (Å²) in [5.41, 5.74) is 6.86. The van der Waals surface area contributed by atoms with Crippen LogP contribution in [0.25, 0.3) is 46.4 Å². The van der Waals surface area contributed by atoms with Crippen LogP contribution in [0.15, 0.2) is 103 Å². The number of aromatic nitrogens is 4. The van der Waals surface area contributed by atoms with Crippen LogP contribution in [0.1, 0.15) is 22.8 Å². The first kappa shape index (κ1) is 22.5. The van der Waals surface area contributed by atoms with Gasteiger partial charge in [-0.05, 0) is 66.8 Å². The highest BCUT2D eigenvalue weighted by atomic mass is 31.2. The second-order valence-corrected chi connectivity index (χ2v) is 12.1. The fraction of sp³-hybridized carbons (Fsp3) is 0. The summed E-state index contributed by atoms with van der Waals surface area (Å²) in [5, 5.41) is 2.33. The van der Waals surface area contributed by atoms with E-state index in [0.717, 1.165) is 60.8 Å². The largest absolute Gasteiger partial charge is 0.355 e. The fourth-order valence-corrected chi connectivity index (χ4v) is 7.79. The Morgan fingerprint density at radius 2 is 1.03 bits per heavy atom. The molecule has 0 unspecified atom stereocenters. The van der Waals surface area contributed by atoms with Crippen molar-refractivity contribution in [3.8, 4) is 0 Å². The highest BCUT2D eigenvalue weighted by molar-refractivity contribution is 7.85.